The van der Waals surface area contributed by atoms with Crippen LogP contribution >= 0.6 is 0 Å². The van der Waals surface area contributed by atoms with Crippen molar-refractivity contribution in [3.05, 3.63) is 53.5 Å². The van der Waals surface area contributed by atoms with Gasteiger partial charge in [0.05, 0.1) is 12.7 Å². The van der Waals surface area contributed by atoms with E-state index in [1.165, 1.54) is 11.0 Å². The summed E-state index contributed by atoms with van der Waals surface area (Å²) >= 11 is 0. The maximum Gasteiger partial charge on any atom is 0.338 e. The summed E-state index contributed by atoms with van der Waals surface area (Å²) in [5.41, 5.74) is 1.14. The van der Waals surface area contributed by atoms with E-state index in [4.69, 9.17) is 14.3 Å². The van der Waals surface area contributed by atoms with Gasteiger partial charge in [-0.05, 0) is 30.5 Å². The first-order valence-electron chi connectivity index (χ1n) is 7.21. The summed E-state index contributed by atoms with van der Waals surface area (Å²) in [5.74, 6) is -0.593. The van der Waals surface area contributed by atoms with E-state index in [1.54, 1.807) is 14.2 Å². The van der Waals surface area contributed by atoms with Gasteiger partial charge in [-0.2, -0.15) is 0 Å². The van der Waals surface area contributed by atoms with Gasteiger partial charge in [0.1, 0.15) is 12.0 Å². The molecule has 0 aliphatic heterocycles. The average molecular weight is 317 g/mol. The van der Waals surface area contributed by atoms with Crippen LogP contribution in [0, 0.1) is 0 Å². The first-order valence-corrected chi connectivity index (χ1v) is 7.21. The molecule has 1 aromatic heterocycles. The SMILES string of the molecule is COc1ccc(CCCN(C)C(=O)c2cc(C(=O)O)co2)cc1. The van der Waals surface area contributed by atoms with Crippen LogP contribution in [-0.2, 0) is 6.42 Å². The van der Waals surface area contributed by atoms with Crippen LogP contribution in [0.25, 0.3) is 0 Å². The van der Waals surface area contributed by atoms with Crippen LogP contribution in [0.2, 0.25) is 0 Å². The second-order valence-electron chi connectivity index (χ2n) is 5.18. The number of carbonyl (C=O) groups is 2. The molecule has 0 atom stereocenters. The number of carboxylic acids is 1. The molecule has 0 saturated carbocycles. The van der Waals surface area contributed by atoms with Crippen molar-refractivity contribution in [2.75, 3.05) is 20.7 Å². The standard InChI is InChI=1S/C17H19NO5/c1-18(16(19)15-10-13(11-23-15)17(20)21)9-3-4-12-5-7-14(22-2)8-6-12/h5-8,10-11H,3-4,9H2,1-2H3,(H,20,21). The maximum absolute atomic E-state index is 12.1. The summed E-state index contributed by atoms with van der Waals surface area (Å²) < 4.78 is 10.1. The Kier molecular flexibility index (Phi) is 5.41. The summed E-state index contributed by atoms with van der Waals surface area (Å²) in [7, 11) is 3.29. The van der Waals surface area contributed by atoms with E-state index in [2.05, 4.69) is 0 Å². The summed E-state index contributed by atoms with van der Waals surface area (Å²) in [6, 6.07) is 9.03. The molecule has 0 unspecified atom stereocenters. The van der Waals surface area contributed by atoms with Gasteiger partial charge >= 0.3 is 5.97 Å². The molecule has 0 spiro atoms. The summed E-state index contributed by atoms with van der Waals surface area (Å²) in [6.45, 7) is 0.550. The molecule has 1 aromatic carbocycles. The van der Waals surface area contributed by atoms with Gasteiger partial charge in [-0.1, -0.05) is 12.1 Å². The third-order valence-electron chi connectivity index (χ3n) is 3.52. The van der Waals surface area contributed by atoms with Crippen molar-refractivity contribution in [2.45, 2.75) is 12.8 Å². The fraction of sp³-hybridized carbons (Fsp3) is 0.294. The fourth-order valence-corrected chi connectivity index (χ4v) is 2.16. The molecular formula is C17H19NO5. The first kappa shape index (κ1) is 16.6. The predicted octanol–water partition coefficient (Wildman–Crippen LogP) is 2.69. The molecule has 0 bridgehead atoms. The minimum atomic E-state index is -1.12. The molecular weight excluding hydrogens is 298 g/mol. The van der Waals surface area contributed by atoms with Gasteiger partial charge < -0.3 is 19.2 Å². The second-order valence-corrected chi connectivity index (χ2v) is 5.18. The lowest BCUT2D eigenvalue weighted by atomic mass is 10.1. The molecule has 2 rings (SSSR count). The number of methoxy groups -OCH3 is 1. The number of rotatable bonds is 7. The highest BCUT2D eigenvalue weighted by atomic mass is 16.5. The van der Waals surface area contributed by atoms with Crippen LogP contribution < -0.4 is 4.74 Å². The van der Waals surface area contributed by atoms with Gasteiger partial charge in [0.25, 0.3) is 5.91 Å². The Morgan fingerprint density at radius 3 is 2.52 bits per heavy atom. The molecule has 0 fully saturated rings. The highest BCUT2D eigenvalue weighted by Crippen LogP contribution is 2.14. The van der Waals surface area contributed by atoms with Crippen molar-refractivity contribution >= 4 is 11.9 Å². The zero-order valence-corrected chi connectivity index (χ0v) is 13.1. The van der Waals surface area contributed by atoms with Crippen molar-refractivity contribution in [1.82, 2.24) is 4.90 Å². The number of furan rings is 1. The first-order chi connectivity index (χ1) is 11.0. The monoisotopic (exact) mass is 317 g/mol. The van der Waals surface area contributed by atoms with E-state index in [-0.39, 0.29) is 17.2 Å². The van der Waals surface area contributed by atoms with E-state index in [0.29, 0.717) is 6.54 Å². The number of hydrogen-bond acceptors (Lipinski definition) is 4. The van der Waals surface area contributed by atoms with Crippen molar-refractivity contribution in [3.8, 4) is 5.75 Å². The Balaban J connectivity index is 1.84. The Morgan fingerprint density at radius 2 is 1.96 bits per heavy atom. The molecule has 0 radical (unpaired) electrons. The number of hydrogen-bond donors (Lipinski definition) is 1. The molecule has 1 heterocycles. The Morgan fingerprint density at radius 1 is 1.26 bits per heavy atom. The molecule has 0 aliphatic carbocycles. The molecule has 1 N–H and O–H groups in total. The molecule has 6 nitrogen and oxygen atoms in total. The highest BCUT2D eigenvalue weighted by molar-refractivity contribution is 5.95. The molecule has 122 valence electrons. The minimum absolute atomic E-state index is 0.0278. The summed E-state index contributed by atoms with van der Waals surface area (Å²) in [4.78, 5) is 24.4. The number of nitrogens with zero attached hydrogens (tertiary/aromatic N) is 1. The number of amides is 1. The smallest absolute Gasteiger partial charge is 0.338 e. The number of aryl methyl sites for hydroxylation is 1. The van der Waals surface area contributed by atoms with E-state index < -0.39 is 5.97 Å². The minimum Gasteiger partial charge on any atom is -0.497 e. The Hall–Kier alpha value is -2.76. The van der Waals surface area contributed by atoms with Crippen LogP contribution in [0.15, 0.2) is 41.0 Å². The lowest BCUT2D eigenvalue weighted by Crippen LogP contribution is -2.27. The van der Waals surface area contributed by atoms with Crippen molar-refractivity contribution in [1.29, 1.82) is 0 Å². The van der Waals surface area contributed by atoms with Crippen LogP contribution in [0.4, 0.5) is 0 Å². The number of carboxylic acid groups (broad SMARTS) is 1. The van der Waals surface area contributed by atoms with E-state index >= 15 is 0 Å². The molecule has 2 aromatic rings. The highest BCUT2D eigenvalue weighted by Gasteiger charge is 2.17. The van der Waals surface area contributed by atoms with Gasteiger partial charge in [0, 0.05) is 19.7 Å². The lowest BCUT2D eigenvalue weighted by Gasteiger charge is -2.15. The van der Waals surface area contributed by atoms with E-state index in [0.717, 1.165) is 30.4 Å². The summed E-state index contributed by atoms with van der Waals surface area (Å²) in [5, 5.41) is 8.83. The number of aromatic carboxylic acids is 1. The van der Waals surface area contributed by atoms with E-state index in [9.17, 15) is 9.59 Å². The Bertz CT molecular complexity index is 675. The number of ether oxygens (including phenoxy) is 1. The fourth-order valence-electron chi connectivity index (χ4n) is 2.16. The van der Waals surface area contributed by atoms with E-state index in [1.807, 2.05) is 24.3 Å². The number of benzene rings is 1. The predicted molar refractivity (Wildman–Crippen MR) is 83.9 cm³/mol. The summed E-state index contributed by atoms with van der Waals surface area (Å²) in [6.07, 6.45) is 2.70. The molecule has 23 heavy (non-hydrogen) atoms. The molecule has 0 aliphatic rings. The average Bonchev–Trinajstić information content (AvgIpc) is 3.05. The molecule has 6 heteroatoms. The largest absolute Gasteiger partial charge is 0.497 e. The van der Waals surface area contributed by atoms with Gasteiger partial charge in [-0.3, -0.25) is 4.79 Å². The maximum atomic E-state index is 12.1. The van der Waals surface area contributed by atoms with Gasteiger partial charge in [-0.25, -0.2) is 4.79 Å². The van der Waals surface area contributed by atoms with Gasteiger partial charge in [-0.15, -0.1) is 0 Å². The normalized spacial score (nSPS) is 10.3. The van der Waals surface area contributed by atoms with Crippen LogP contribution in [0.1, 0.15) is 32.9 Å². The van der Waals surface area contributed by atoms with Gasteiger partial charge in [0.2, 0.25) is 0 Å². The topological polar surface area (TPSA) is 80.0 Å². The lowest BCUT2D eigenvalue weighted by molar-refractivity contribution is 0.0695. The third-order valence-corrected chi connectivity index (χ3v) is 3.52. The third kappa shape index (κ3) is 4.35. The zero-order chi connectivity index (χ0) is 16.8. The zero-order valence-electron chi connectivity index (χ0n) is 13.1. The van der Waals surface area contributed by atoms with Crippen molar-refractivity contribution in [2.24, 2.45) is 0 Å². The van der Waals surface area contributed by atoms with Crippen molar-refractivity contribution < 1.29 is 23.8 Å². The van der Waals surface area contributed by atoms with Crippen LogP contribution in [0.5, 0.6) is 5.75 Å². The molecule has 1 amide bonds. The Labute approximate surface area is 134 Å². The second kappa shape index (κ2) is 7.49. The van der Waals surface area contributed by atoms with Crippen LogP contribution in [-0.4, -0.2) is 42.6 Å². The van der Waals surface area contributed by atoms with Crippen LogP contribution in [0.3, 0.4) is 0 Å². The number of carbonyl (C=O) groups excluding carboxylic acids is 1. The van der Waals surface area contributed by atoms with Gasteiger partial charge in [0.15, 0.2) is 5.76 Å². The molecule has 0 saturated heterocycles. The van der Waals surface area contributed by atoms with Crippen molar-refractivity contribution in [3.63, 3.8) is 0 Å². The quantitative estimate of drug-likeness (QED) is 0.849.